The molecule has 1 atom stereocenters. The predicted octanol–water partition coefficient (Wildman–Crippen LogP) is 3.25. The van der Waals surface area contributed by atoms with Crippen LogP contribution in [0.3, 0.4) is 0 Å². The van der Waals surface area contributed by atoms with Crippen LogP contribution >= 0.6 is 15.9 Å². The van der Waals surface area contributed by atoms with Gasteiger partial charge in [-0.3, -0.25) is 9.97 Å². The molecule has 4 nitrogen and oxygen atoms in total. The van der Waals surface area contributed by atoms with E-state index in [0.29, 0.717) is 5.84 Å². The first-order valence-corrected chi connectivity index (χ1v) is 7.99. The molecule has 0 aliphatic carbocycles. The van der Waals surface area contributed by atoms with Crippen molar-refractivity contribution in [3.63, 3.8) is 0 Å². The number of amidine groups is 1. The number of nitrogens with two attached hydrogens (primary N) is 1. The van der Waals surface area contributed by atoms with Crippen molar-refractivity contribution in [1.82, 2.24) is 9.97 Å². The quantitative estimate of drug-likeness (QED) is 0.758. The van der Waals surface area contributed by atoms with Gasteiger partial charge in [-0.25, -0.2) is 4.99 Å². The summed E-state index contributed by atoms with van der Waals surface area (Å²) in [6.07, 6.45) is 5.31. The molecule has 2 aromatic heterocycles. The molecule has 1 aromatic carbocycles. The number of hydrogen-bond acceptors (Lipinski definition) is 4. The maximum atomic E-state index is 6.22. The zero-order chi connectivity index (χ0) is 15.9. The summed E-state index contributed by atoms with van der Waals surface area (Å²) in [5.74, 6) is 0.505. The van der Waals surface area contributed by atoms with Gasteiger partial charge >= 0.3 is 0 Å². The van der Waals surface area contributed by atoms with Crippen molar-refractivity contribution in [2.24, 2.45) is 10.7 Å². The number of fused-ring (bicyclic) bond motifs is 1. The monoisotopic (exact) mass is 364 g/mol. The number of pyridine rings is 2. The van der Waals surface area contributed by atoms with E-state index in [9.17, 15) is 0 Å². The molecular weight excluding hydrogens is 352 g/mol. The minimum Gasteiger partial charge on any atom is -0.383 e. The second-order valence-electron chi connectivity index (χ2n) is 5.35. The summed E-state index contributed by atoms with van der Waals surface area (Å²) in [7, 11) is 0. The van der Waals surface area contributed by atoms with Crippen LogP contribution in [0, 0.1) is 0 Å². The molecule has 1 unspecified atom stereocenters. The molecule has 2 N–H and O–H groups in total. The second-order valence-corrected chi connectivity index (χ2v) is 6.27. The first-order chi connectivity index (χ1) is 11.2. The lowest BCUT2D eigenvalue weighted by Crippen LogP contribution is -2.26. The van der Waals surface area contributed by atoms with Crippen LogP contribution in [-0.4, -0.2) is 15.8 Å². The molecule has 0 saturated carbocycles. The summed E-state index contributed by atoms with van der Waals surface area (Å²) in [5, 5.41) is 0. The maximum Gasteiger partial charge on any atom is 0.156 e. The van der Waals surface area contributed by atoms with E-state index < -0.39 is 5.54 Å². The summed E-state index contributed by atoms with van der Waals surface area (Å²) in [4.78, 5) is 13.6. The summed E-state index contributed by atoms with van der Waals surface area (Å²) < 4.78 is 0.988. The lowest BCUT2D eigenvalue weighted by atomic mass is 9.81. The number of aliphatic imine (C=N–C) groups is 1. The number of halogens is 1. The number of rotatable bonds is 2. The molecule has 0 amide bonds. The summed E-state index contributed by atoms with van der Waals surface area (Å²) in [5.41, 5.74) is 9.21. The zero-order valence-electron chi connectivity index (χ0n) is 12.1. The number of hydrogen-bond donors (Lipinski definition) is 1. The van der Waals surface area contributed by atoms with Crippen LogP contribution in [0.15, 0.2) is 76.6 Å². The van der Waals surface area contributed by atoms with Gasteiger partial charge in [0.1, 0.15) is 5.84 Å². The lowest BCUT2D eigenvalue weighted by molar-refractivity contribution is 0.646. The van der Waals surface area contributed by atoms with Crippen molar-refractivity contribution in [3.8, 4) is 0 Å². The summed E-state index contributed by atoms with van der Waals surface area (Å²) in [6.45, 7) is 0. The molecule has 1 aliphatic rings. The molecule has 0 saturated heterocycles. The normalized spacial score (nSPS) is 19.3. The Hall–Kier alpha value is -2.53. The lowest BCUT2D eigenvalue weighted by Gasteiger charge is -2.28. The summed E-state index contributed by atoms with van der Waals surface area (Å²) in [6, 6.07) is 15.8. The van der Waals surface area contributed by atoms with Gasteiger partial charge in [0.15, 0.2) is 5.54 Å². The number of nitrogens with zero attached hydrogens (tertiary/aromatic N) is 3. The van der Waals surface area contributed by atoms with Gasteiger partial charge in [-0.05, 0) is 47.5 Å². The Kier molecular flexibility index (Phi) is 3.23. The van der Waals surface area contributed by atoms with E-state index in [1.54, 1.807) is 18.6 Å². The second kappa shape index (κ2) is 5.28. The van der Waals surface area contributed by atoms with Crippen molar-refractivity contribution >= 4 is 21.8 Å². The van der Waals surface area contributed by atoms with Gasteiger partial charge in [0.25, 0.3) is 0 Å². The van der Waals surface area contributed by atoms with Gasteiger partial charge in [-0.15, -0.1) is 0 Å². The standard InChI is InChI=1S/C18H13BrN4/c19-14-4-1-3-13(11-14)18(12-6-9-21-10-7-12)16-15(17(20)23-18)5-2-8-22-16/h1-11H,(H2,20,23). The average Bonchev–Trinajstić information content (AvgIpc) is 2.90. The fourth-order valence-electron chi connectivity index (χ4n) is 3.07. The molecule has 0 fully saturated rings. The minimum absolute atomic E-state index is 0.505. The van der Waals surface area contributed by atoms with Gasteiger partial charge in [0, 0.05) is 28.6 Å². The zero-order valence-corrected chi connectivity index (χ0v) is 13.7. The molecule has 3 aromatic rings. The van der Waals surface area contributed by atoms with Crippen LogP contribution in [0.1, 0.15) is 22.4 Å². The Morgan fingerprint density at radius 2 is 1.74 bits per heavy atom. The van der Waals surface area contributed by atoms with Crippen molar-refractivity contribution in [2.45, 2.75) is 5.54 Å². The van der Waals surface area contributed by atoms with Crippen molar-refractivity contribution in [3.05, 3.63) is 94.0 Å². The van der Waals surface area contributed by atoms with E-state index in [4.69, 9.17) is 10.7 Å². The van der Waals surface area contributed by atoms with E-state index in [0.717, 1.165) is 26.9 Å². The molecule has 5 heteroatoms. The van der Waals surface area contributed by atoms with Crippen molar-refractivity contribution in [2.75, 3.05) is 0 Å². The highest BCUT2D eigenvalue weighted by Crippen LogP contribution is 2.44. The SMILES string of the molecule is NC1=NC(c2ccncc2)(c2cccc(Br)c2)c2ncccc21. The first kappa shape index (κ1) is 14.1. The molecular formula is C18H13BrN4. The predicted molar refractivity (Wildman–Crippen MR) is 93.2 cm³/mol. The minimum atomic E-state index is -0.743. The third-order valence-corrected chi connectivity index (χ3v) is 4.55. The van der Waals surface area contributed by atoms with Crippen LogP contribution in [0.25, 0.3) is 0 Å². The third-order valence-electron chi connectivity index (χ3n) is 4.06. The molecule has 0 bridgehead atoms. The van der Waals surface area contributed by atoms with Gasteiger partial charge in [0.05, 0.1) is 5.69 Å². The summed E-state index contributed by atoms with van der Waals surface area (Å²) >= 11 is 3.55. The number of benzene rings is 1. The highest BCUT2D eigenvalue weighted by molar-refractivity contribution is 9.10. The van der Waals surface area contributed by atoms with Crippen molar-refractivity contribution < 1.29 is 0 Å². The fourth-order valence-corrected chi connectivity index (χ4v) is 3.47. The topological polar surface area (TPSA) is 64.2 Å². The van der Waals surface area contributed by atoms with E-state index in [-0.39, 0.29) is 0 Å². The van der Waals surface area contributed by atoms with Crippen LogP contribution in [0.5, 0.6) is 0 Å². The Morgan fingerprint density at radius 3 is 2.52 bits per heavy atom. The van der Waals surface area contributed by atoms with Gasteiger partial charge in [0.2, 0.25) is 0 Å². The van der Waals surface area contributed by atoms with Crippen LogP contribution in [-0.2, 0) is 5.54 Å². The Morgan fingerprint density at radius 1 is 0.913 bits per heavy atom. The highest BCUT2D eigenvalue weighted by Gasteiger charge is 2.44. The molecule has 3 heterocycles. The molecule has 0 spiro atoms. The van der Waals surface area contributed by atoms with E-state index in [1.807, 2.05) is 42.5 Å². The third kappa shape index (κ3) is 2.08. The maximum absolute atomic E-state index is 6.22. The highest BCUT2D eigenvalue weighted by atomic mass is 79.9. The smallest absolute Gasteiger partial charge is 0.156 e. The number of aromatic nitrogens is 2. The van der Waals surface area contributed by atoms with Crippen LogP contribution in [0.4, 0.5) is 0 Å². The van der Waals surface area contributed by atoms with E-state index in [2.05, 4.69) is 32.0 Å². The first-order valence-electron chi connectivity index (χ1n) is 7.19. The largest absolute Gasteiger partial charge is 0.383 e. The van der Waals surface area contributed by atoms with Gasteiger partial charge < -0.3 is 5.73 Å². The van der Waals surface area contributed by atoms with E-state index in [1.165, 1.54) is 0 Å². The fraction of sp³-hybridized carbons (Fsp3) is 0.0556. The van der Waals surface area contributed by atoms with Crippen molar-refractivity contribution in [1.29, 1.82) is 0 Å². The van der Waals surface area contributed by atoms with Gasteiger partial charge in [-0.2, -0.15) is 0 Å². The average molecular weight is 365 g/mol. The molecule has 0 radical (unpaired) electrons. The van der Waals surface area contributed by atoms with E-state index >= 15 is 0 Å². The molecule has 1 aliphatic heterocycles. The Bertz CT molecular complexity index is 908. The van der Waals surface area contributed by atoms with Gasteiger partial charge in [-0.1, -0.05) is 28.1 Å². The molecule has 4 rings (SSSR count). The Labute approximate surface area is 142 Å². The van der Waals surface area contributed by atoms with Crippen LogP contribution < -0.4 is 5.73 Å². The van der Waals surface area contributed by atoms with Crippen LogP contribution in [0.2, 0.25) is 0 Å². The Balaban J connectivity index is 2.09. The molecule has 23 heavy (non-hydrogen) atoms. The molecule has 112 valence electrons.